The van der Waals surface area contributed by atoms with E-state index < -0.39 is 22.0 Å². The lowest BCUT2D eigenvalue weighted by atomic mass is 10.2. The highest BCUT2D eigenvalue weighted by molar-refractivity contribution is 7.89. The maximum atomic E-state index is 12.5. The average Bonchev–Trinajstić information content (AvgIpc) is 3.30. The van der Waals surface area contributed by atoms with Crippen molar-refractivity contribution in [3.63, 3.8) is 0 Å². The van der Waals surface area contributed by atoms with Crippen LogP contribution in [0, 0.1) is 0 Å². The van der Waals surface area contributed by atoms with Crippen molar-refractivity contribution in [2.45, 2.75) is 24.5 Å². The van der Waals surface area contributed by atoms with Gasteiger partial charge < -0.3 is 18.9 Å². The Morgan fingerprint density at radius 1 is 1.06 bits per heavy atom. The monoisotopic (exact) mass is 492 g/mol. The quantitative estimate of drug-likeness (QED) is 0.429. The summed E-state index contributed by atoms with van der Waals surface area (Å²) in [7, 11) is 0.682. The molecular weight excluding hydrogens is 468 g/mol. The number of methoxy groups -OCH3 is 3. The molecule has 0 aliphatic rings. The number of esters is 1. The average molecular weight is 493 g/mol. The lowest BCUT2D eigenvalue weighted by molar-refractivity contribution is -0.146. The van der Waals surface area contributed by atoms with Crippen molar-refractivity contribution >= 4 is 27.3 Å². The van der Waals surface area contributed by atoms with Crippen LogP contribution in [-0.2, 0) is 26.2 Å². The van der Waals surface area contributed by atoms with Crippen molar-refractivity contribution in [1.82, 2.24) is 9.71 Å². The summed E-state index contributed by atoms with van der Waals surface area (Å²) in [5.74, 6) is 0.937. The molecule has 0 fully saturated rings. The molecule has 3 rings (SSSR count). The fourth-order valence-electron chi connectivity index (χ4n) is 2.93. The number of para-hydroxylation sites is 1. The second kappa shape index (κ2) is 10.6. The lowest BCUT2D eigenvalue weighted by Crippen LogP contribution is -2.39. The molecule has 176 valence electrons. The fourth-order valence-corrected chi connectivity index (χ4v) is 4.94. The highest BCUT2D eigenvalue weighted by atomic mass is 32.2. The van der Waals surface area contributed by atoms with Crippen LogP contribution in [0.25, 0.3) is 10.6 Å². The number of nitrogens with one attached hydrogen (secondary N) is 1. The Labute approximate surface area is 196 Å². The number of benzene rings is 2. The maximum Gasteiger partial charge on any atom is 0.324 e. The van der Waals surface area contributed by atoms with Gasteiger partial charge in [-0.25, -0.2) is 13.4 Å². The van der Waals surface area contributed by atoms with Gasteiger partial charge in [0.2, 0.25) is 10.0 Å². The van der Waals surface area contributed by atoms with Crippen LogP contribution in [-0.4, -0.2) is 46.7 Å². The number of carbonyl (C=O) groups excluding carboxylic acids is 1. The molecular formula is C22H24N2O7S2. The number of thiazole rings is 1. The number of ether oxygens (including phenoxy) is 4. The smallest absolute Gasteiger partial charge is 0.324 e. The molecule has 1 N–H and O–H groups in total. The van der Waals surface area contributed by atoms with Gasteiger partial charge in [0, 0.05) is 5.38 Å². The normalized spacial score (nSPS) is 12.1. The van der Waals surface area contributed by atoms with Gasteiger partial charge in [-0.2, -0.15) is 4.72 Å². The van der Waals surface area contributed by atoms with Crippen LogP contribution in [0.4, 0.5) is 0 Å². The number of nitrogens with zero attached hydrogens (tertiary/aromatic N) is 1. The van der Waals surface area contributed by atoms with Gasteiger partial charge in [0.25, 0.3) is 0 Å². The summed E-state index contributed by atoms with van der Waals surface area (Å²) in [6.07, 6.45) is 0. The summed E-state index contributed by atoms with van der Waals surface area (Å²) in [5.41, 5.74) is 1.28. The summed E-state index contributed by atoms with van der Waals surface area (Å²) in [5, 5.41) is 2.43. The van der Waals surface area contributed by atoms with Crippen molar-refractivity contribution in [1.29, 1.82) is 0 Å². The summed E-state index contributed by atoms with van der Waals surface area (Å²) in [6, 6.07) is 10.2. The molecule has 0 aliphatic heterocycles. The van der Waals surface area contributed by atoms with E-state index in [0.29, 0.717) is 28.0 Å². The Hall–Kier alpha value is -3.15. The van der Waals surface area contributed by atoms with E-state index >= 15 is 0 Å². The molecule has 3 aromatic rings. The molecule has 9 nitrogen and oxygen atoms in total. The van der Waals surface area contributed by atoms with Crippen LogP contribution in [0.5, 0.6) is 17.2 Å². The first-order chi connectivity index (χ1) is 15.8. The molecule has 1 aromatic heterocycles. The van der Waals surface area contributed by atoms with Crippen LogP contribution in [0.2, 0.25) is 0 Å². The van der Waals surface area contributed by atoms with Gasteiger partial charge in [0.1, 0.15) is 23.4 Å². The molecule has 1 atom stereocenters. The summed E-state index contributed by atoms with van der Waals surface area (Å²) in [4.78, 5) is 16.9. The van der Waals surface area contributed by atoms with E-state index in [1.807, 2.05) is 12.1 Å². The first-order valence-corrected chi connectivity index (χ1v) is 12.1. The van der Waals surface area contributed by atoms with Crippen molar-refractivity contribution in [2.75, 3.05) is 21.3 Å². The van der Waals surface area contributed by atoms with E-state index in [2.05, 4.69) is 9.71 Å². The third-order valence-electron chi connectivity index (χ3n) is 4.60. The molecule has 0 spiro atoms. The number of sulfonamides is 1. The maximum absolute atomic E-state index is 12.5. The SMILES string of the molecule is COc1ccc(S(=O)(=O)N[C@@H](C)C(=O)OCc2csc(-c3cccc(OC)c3OC)n2)cc1. The van der Waals surface area contributed by atoms with E-state index in [4.69, 9.17) is 18.9 Å². The highest BCUT2D eigenvalue weighted by Crippen LogP contribution is 2.39. The third-order valence-corrected chi connectivity index (χ3v) is 7.08. The first kappa shape index (κ1) is 24.5. The molecule has 0 unspecified atom stereocenters. The van der Waals surface area contributed by atoms with Crippen molar-refractivity contribution in [3.05, 3.63) is 53.5 Å². The molecule has 0 aliphatic carbocycles. The Balaban J connectivity index is 1.63. The van der Waals surface area contributed by atoms with Crippen LogP contribution in [0.3, 0.4) is 0 Å². The van der Waals surface area contributed by atoms with Gasteiger partial charge in [0.05, 0.1) is 37.5 Å². The van der Waals surface area contributed by atoms with Crippen LogP contribution >= 0.6 is 11.3 Å². The van der Waals surface area contributed by atoms with Crippen LogP contribution in [0.1, 0.15) is 12.6 Å². The summed E-state index contributed by atoms with van der Waals surface area (Å²) >= 11 is 1.36. The minimum atomic E-state index is -3.90. The minimum absolute atomic E-state index is 0.0133. The topological polar surface area (TPSA) is 113 Å². The summed E-state index contributed by atoms with van der Waals surface area (Å²) < 4.78 is 48.4. The second-order valence-electron chi connectivity index (χ2n) is 6.81. The van der Waals surface area contributed by atoms with Gasteiger partial charge in [-0.15, -0.1) is 11.3 Å². The van der Waals surface area contributed by atoms with Gasteiger partial charge in [-0.1, -0.05) is 6.07 Å². The van der Waals surface area contributed by atoms with Gasteiger partial charge in [-0.05, 0) is 43.3 Å². The zero-order chi connectivity index (χ0) is 24.0. The molecule has 33 heavy (non-hydrogen) atoms. The number of hydrogen-bond donors (Lipinski definition) is 1. The zero-order valence-corrected chi connectivity index (χ0v) is 20.2. The van der Waals surface area contributed by atoms with Crippen LogP contribution in [0.15, 0.2) is 52.7 Å². The molecule has 0 radical (unpaired) electrons. The van der Waals surface area contributed by atoms with Gasteiger partial charge in [-0.3, -0.25) is 4.79 Å². The molecule has 0 saturated heterocycles. The largest absolute Gasteiger partial charge is 0.497 e. The Bertz CT molecular complexity index is 1210. The molecule has 0 bridgehead atoms. The highest BCUT2D eigenvalue weighted by Gasteiger charge is 2.23. The van der Waals surface area contributed by atoms with Gasteiger partial charge in [0.15, 0.2) is 11.5 Å². The molecule has 2 aromatic carbocycles. The van der Waals surface area contributed by atoms with E-state index in [-0.39, 0.29) is 11.5 Å². The van der Waals surface area contributed by atoms with Crippen molar-refractivity contribution in [2.24, 2.45) is 0 Å². The molecule has 0 amide bonds. The van der Waals surface area contributed by atoms with E-state index in [1.165, 1.54) is 49.6 Å². The number of aromatic nitrogens is 1. The van der Waals surface area contributed by atoms with Crippen molar-refractivity contribution < 1.29 is 32.2 Å². The zero-order valence-electron chi connectivity index (χ0n) is 18.5. The Kier molecular flexibility index (Phi) is 7.90. The molecule has 0 saturated carbocycles. The standard InChI is InChI=1S/C22H24N2O7S2/c1-14(24-33(26,27)17-10-8-16(28-2)9-11-17)22(25)31-12-15-13-32-21(23-15)18-6-5-7-19(29-3)20(18)30-4/h5-11,13-14,24H,12H2,1-4H3/t14-/m0/s1. The first-order valence-electron chi connectivity index (χ1n) is 9.77. The lowest BCUT2D eigenvalue weighted by Gasteiger charge is -2.13. The summed E-state index contributed by atoms with van der Waals surface area (Å²) in [6.45, 7) is 1.31. The van der Waals surface area contributed by atoms with E-state index in [0.717, 1.165) is 5.56 Å². The Morgan fingerprint density at radius 2 is 1.79 bits per heavy atom. The third kappa shape index (κ3) is 5.81. The number of hydrogen-bond acceptors (Lipinski definition) is 9. The second-order valence-corrected chi connectivity index (χ2v) is 9.38. The van der Waals surface area contributed by atoms with Crippen LogP contribution < -0.4 is 18.9 Å². The number of rotatable bonds is 10. The predicted octanol–water partition coefficient (Wildman–Crippen LogP) is 3.25. The van der Waals surface area contributed by atoms with E-state index in [1.54, 1.807) is 25.7 Å². The fraction of sp³-hybridized carbons (Fsp3) is 0.273. The van der Waals surface area contributed by atoms with Gasteiger partial charge >= 0.3 is 5.97 Å². The molecule has 11 heteroatoms. The van der Waals surface area contributed by atoms with Crippen molar-refractivity contribution in [3.8, 4) is 27.8 Å². The predicted molar refractivity (Wildman–Crippen MR) is 123 cm³/mol. The molecule has 1 heterocycles. The van der Waals surface area contributed by atoms with E-state index in [9.17, 15) is 13.2 Å². The number of carbonyl (C=O) groups is 1. The Morgan fingerprint density at radius 3 is 2.42 bits per heavy atom. The minimum Gasteiger partial charge on any atom is -0.497 e.